The molecule has 20 heavy (non-hydrogen) atoms. The molecule has 1 aromatic carbocycles. The van der Waals surface area contributed by atoms with Crippen molar-refractivity contribution in [1.29, 1.82) is 0 Å². The first-order valence-electron chi connectivity index (χ1n) is 7.55. The quantitative estimate of drug-likeness (QED) is 0.838. The van der Waals surface area contributed by atoms with Crippen LogP contribution in [0.1, 0.15) is 54.1 Å². The Kier molecular flexibility index (Phi) is 4.36. The molecular formula is C17H26N2O. The van der Waals surface area contributed by atoms with Gasteiger partial charge in [0, 0.05) is 24.3 Å². The van der Waals surface area contributed by atoms with Crippen molar-refractivity contribution >= 4 is 11.6 Å². The van der Waals surface area contributed by atoms with Crippen LogP contribution in [0.15, 0.2) is 12.1 Å². The van der Waals surface area contributed by atoms with Crippen molar-refractivity contribution in [3.8, 4) is 0 Å². The van der Waals surface area contributed by atoms with Gasteiger partial charge in [0.25, 0.3) is 5.91 Å². The molecule has 1 fully saturated rings. The van der Waals surface area contributed by atoms with E-state index in [0.717, 1.165) is 23.1 Å². The van der Waals surface area contributed by atoms with Crippen molar-refractivity contribution in [2.24, 2.45) is 5.92 Å². The molecule has 1 amide bonds. The second-order valence-electron chi connectivity index (χ2n) is 6.27. The van der Waals surface area contributed by atoms with E-state index in [2.05, 4.69) is 6.92 Å². The van der Waals surface area contributed by atoms with E-state index in [-0.39, 0.29) is 5.91 Å². The zero-order chi connectivity index (χ0) is 14.9. The zero-order valence-corrected chi connectivity index (χ0v) is 13.1. The number of hydrogen-bond donors (Lipinski definition) is 1. The number of nitrogen functional groups attached to an aromatic ring is 1. The van der Waals surface area contributed by atoms with Crippen LogP contribution < -0.4 is 5.73 Å². The third-order valence-corrected chi connectivity index (χ3v) is 4.73. The summed E-state index contributed by atoms with van der Waals surface area (Å²) in [6.45, 7) is 6.21. The fourth-order valence-electron chi connectivity index (χ4n) is 3.31. The Labute approximate surface area is 122 Å². The molecule has 3 nitrogen and oxygen atoms in total. The summed E-state index contributed by atoms with van der Waals surface area (Å²) in [5, 5.41) is 0. The van der Waals surface area contributed by atoms with Crippen molar-refractivity contribution in [2.45, 2.75) is 52.5 Å². The highest BCUT2D eigenvalue weighted by molar-refractivity contribution is 5.96. The second-order valence-corrected chi connectivity index (χ2v) is 6.27. The van der Waals surface area contributed by atoms with Crippen molar-refractivity contribution in [2.75, 3.05) is 12.8 Å². The summed E-state index contributed by atoms with van der Waals surface area (Å²) in [6.07, 6.45) is 4.85. The molecule has 1 aliphatic carbocycles. The van der Waals surface area contributed by atoms with E-state index in [4.69, 9.17) is 5.73 Å². The van der Waals surface area contributed by atoms with Crippen LogP contribution in [0, 0.1) is 19.8 Å². The molecule has 110 valence electrons. The van der Waals surface area contributed by atoms with E-state index in [9.17, 15) is 4.79 Å². The predicted octanol–water partition coefficient (Wildman–Crippen LogP) is 3.54. The molecule has 2 rings (SSSR count). The number of carbonyl (C=O) groups excluding carboxylic acids is 1. The van der Waals surface area contributed by atoms with E-state index in [1.807, 2.05) is 37.9 Å². The number of aryl methyl sites for hydroxylation is 2. The number of anilines is 1. The van der Waals surface area contributed by atoms with Gasteiger partial charge in [-0.1, -0.05) is 25.8 Å². The van der Waals surface area contributed by atoms with E-state index in [0.29, 0.717) is 17.6 Å². The second kappa shape index (κ2) is 5.86. The molecular weight excluding hydrogens is 248 g/mol. The van der Waals surface area contributed by atoms with Crippen LogP contribution in [0.25, 0.3) is 0 Å². The molecule has 1 aliphatic rings. The Morgan fingerprint density at radius 1 is 1.20 bits per heavy atom. The van der Waals surface area contributed by atoms with Crippen LogP contribution in [0.5, 0.6) is 0 Å². The van der Waals surface area contributed by atoms with E-state index >= 15 is 0 Å². The fourth-order valence-corrected chi connectivity index (χ4v) is 3.31. The third kappa shape index (κ3) is 2.82. The first-order valence-corrected chi connectivity index (χ1v) is 7.55. The van der Waals surface area contributed by atoms with Crippen molar-refractivity contribution in [3.63, 3.8) is 0 Å². The van der Waals surface area contributed by atoms with Gasteiger partial charge < -0.3 is 10.6 Å². The Balaban J connectivity index is 2.24. The molecule has 2 N–H and O–H groups in total. The van der Waals surface area contributed by atoms with Gasteiger partial charge in [0.1, 0.15) is 0 Å². The number of carbonyl (C=O) groups is 1. The van der Waals surface area contributed by atoms with Crippen LogP contribution >= 0.6 is 0 Å². The maximum absolute atomic E-state index is 12.7. The fraction of sp³-hybridized carbons (Fsp3) is 0.588. The normalized spacial score (nSPS) is 22.6. The number of hydrogen-bond acceptors (Lipinski definition) is 2. The van der Waals surface area contributed by atoms with Crippen molar-refractivity contribution in [3.05, 3.63) is 28.8 Å². The first kappa shape index (κ1) is 14.9. The molecule has 1 aromatic rings. The van der Waals surface area contributed by atoms with Crippen LogP contribution in [-0.2, 0) is 0 Å². The van der Waals surface area contributed by atoms with Gasteiger partial charge in [0.2, 0.25) is 0 Å². The maximum atomic E-state index is 12.7. The molecule has 0 aliphatic heterocycles. The average Bonchev–Trinajstić information content (AvgIpc) is 2.42. The standard InChI is InChI=1S/C17H26N2O/c1-11-7-5-6-8-16(11)19(4)17(20)14-10-15(18)13(3)9-12(14)2/h9-11,16H,5-8,18H2,1-4H3. The van der Waals surface area contributed by atoms with Crippen LogP contribution in [0.4, 0.5) is 5.69 Å². The lowest BCUT2D eigenvalue weighted by Gasteiger charge is -2.36. The smallest absolute Gasteiger partial charge is 0.254 e. The zero-order valence-electron chi connectivity index (χ0n) is 13.1. The van der Waals surface area contributed by atoms with Crippen molar-refractivity contribution < 1.29 is 4.79 Å². The Bertz CT molecular complexity index is 510. The summed E-state index contributed by atoms with van der Waals surface area (Å²) < 4.78 is 0. The van der Waals surface area contributed by atoms with Gasteiger partial charge in [-0.15, -0.1) is 0 Å². The van der Waals surface area contributed by atoms with E-state index < -0.39 is 0 Å². The predicted molar refractivity (Wildman–Crippen MR) is 83.8 cm³/mol. The van der Waals surface area contributed by atoms with Crippen LogP contribution in [0.2, 0.25) is 0 Å². The van der Waals surface area contributed by atoms with Crippen LogP contribution in [-0.4, -0.2) is 23.9 Å². The molecule has 0 spiro atoms. The highest BCUT2D eigenvalue weighted by Crippen LogP contribution is 2.29. The molecule has 1 saturated carbocycles. The molecule has 0 bridgehead atoms. The van der Waals surface area contributed by atoms with Gasteiger partial charge in [0.15, 0.2) is 0 Å². The van der Waals surface area contributed by atoms with Gasteiger partial charge in [-0.05, 0) is 49.8 Å². The third-order valence-electron chi connectivity index (χ3n) is 4.73. The van der Waals surface area contributed by atoms with E-state index in [1.165, 1.54) is 19.3 Å². The summed E-state index contributed by atoms with van der Waals surface area (Å²) in [4.78, 5) is 14.7. The van der Waals surface area contributed by atoms with Crippen molar-refractivity contribution in [1.82, 2.24) is 4.90 Å². The number of nitrogens with two attached hydrogens (primary N) is 1. The minimum absolute atomic E-state index is 0.105. The summed E-state index contributed by atoms with van der Waals surface area (Å²) in [6, 6.07) is 4.19. The molecule has 0 saturated heterocycles. The highest BCUT2D eigenvalue weighted by Gasteiger charge is 2.29. The largest absolute Gasteiger partial charge is 0.398 e. The van der Waals surface area contributed by atoms with Gasteiger partial charge in [-0.3, -0.25) is 4.79 Å². The van der Waals surface area contributed by atoms with E-state index in [1.54, 1.807) is 0 Å². The Morgan fingerprint density at radius 3 is 2.50 bits per heavy atom. The molecule has 2 unspecified atom stereocenters. The summed E-state index contributed by atoms with van der Waals surface area (Å²) in [5.74, 6) is 0.689. The molecule has 0 aromatic heterocycles. The lowest BCUT2D eigenvalue weighted by molar-refractivity contribution is 0.0628. The number of benzene rings is 1. The van der Waals surface area contributed by atoms with Gasteiger partial charge in [-0.2, -0.15) is 0 Å². The first-order chi connectivity index (χ1) is 9.41. The topological polar surface area (TPSA) is 46.3 Å². The van der Waals surface area contributed by atoms with Crippen LogP contribution in [0.3, 0.4) is 0 Å². The Hall–Kier alpha value is -1.51. The minimum atomic E-state index is 0.105. The summed E-state index contributed by atoms with van der Waals surface area (Å²) in [5.41, 5.74) is 9.45. The summed E-state index contributed by atoms with van der Waals surface area (Å²) >= 11 is 0. The van der Waals surface area contributed by atoms with Gasteiger partial charge in [-0.25, -0.2) is 0 Å². The SMILES string of the molecule is Cc1cc(C)c(C(=O)N(C)C2CCCCC2C)cc1N. The highest BCUT2D eigenvalue weighted by atomic mass is 16.2. The van der Waals surface area contributed by atoms with Gasteiger partial charge in [0.05, 0.1) is 0 Å². The lowest BCUT2D eigenvalue weighted by atomic mass is 9.84. The molecule has 3 heteroatoms. The molecule has 0 heterocycles. The molecule has 2 atom stereocenters. The number of rotatable bonds is 2. The molecule has 0 radical (unpaired) electrons. The summed E-state index contributed by atoms with van der Waals surface area (Å²) in [7, 11) is 1.93. The lowest BCUT2D eigenvalue weighted by Crippen LogP contribution is -2.42. The Morgan fingerprint density at radius 2 is 1.85 bits per heavy atom. The number of nitrogens with zero attached hydrogens (tertiary/aromatic N) is 1. The average molecular weight is 274 g/mol. The maximum Gasteiger partial charge on any atom is 0.254 e. The number of amides is 1. The monoisotopic (exact) mass is 274 g/mol. The van der Waals surface area contributed by atoms with Gasteiger partial charge >= 0.3 is 0 Å². The minimum Gasteiger partial charge on any atom is -0.398 e.